The van der Waals surface area contributed by atoms with E-state index in [-0.39, 0.29) is 5.91 Å². The molecule has 5 heteroatoms. The highest BCUT2D eigenvalue weighted by Gasteiger charge is 2.27. The molecular weight excluding hydrogens is 244 g/mol. The Kier molecular flexibility index (Phi) is 5.30. The number of amides is 1. The van der Waals surface area contributed by atoms with E-state index in [1.807, 2.05) is 13.8 Å². The van der Waals surface area contributed by atoms with Crippen molar-refractivity contribution in [2.24, 2.45) is 0 Å². The van der Waals surface area contributed by atoms with Crippen LogP contribution in [0.25, 0.3) is 0 Å². The van der Waals surface area contributed by atoms with Crippen molar-refractivity contribution in [3.05, 3.63) is 17.8 Å². The highest BCUT2D eigenvalue weighted by molar-refractivity contribution is 5.97. The number of nitrogens with zero attached hydrogens (tertiary/aromatic N) is 1. The molecule has 0 saturated carbocycles. The first-order chi connectivity index (χ1) is 8.90. The Labute approximate surface area is 114 Å². The summed E-state index contributed by atoms with van der Waals surface area (Å²) in [6, 6.07) is 3.54. The first kappa shape index (κ1) is 15.4. The molecule has 0 radical (unpaired) electrons. The molecule has 1 N–H and O–H groups in total. The average molecular weight is 266 g/mol. The van der Waals surface area contributed by atoms with Crippen LogP contribution in [-0.4, -0.2) is 30.2 Å². The monoisotopic (exact) mass is 266 g/mol. The summed E-state index contributed by atoms with van der Waals surface area (Å²) in [5.74, 6) is 0.366. The molecular formula is C14H22N2O3. The Hall–Kier alpha value is -1.62. The number of aromatic nitrogens is 1. The Balaban J connectivity index is 2.77. The van der Waals surface area contributed by atoms with Gasteiger partial charge in [-0.25, -0.2) is 4.98 Å². The maximum absolute atomic E-state index is 12.0. The number of anilines is 1. The summed E-state index contributed by atoms with van der Waals surface area (Å²) in [6.07, 6.45) is 0.932. The zero-order valence-corrected chi connectivity index (χ0v) is 12.2. The first-order valence-corrected chi connectivity index (χ1v) is 6.37. The minimum atomic E-state index is -0.871. The molecule has 1 heterocycles. The molecule has 0 aromatic carbocycles. The van der Waals surface area contributed by atoms with Crippen molar-refractivity contribution in [2.45, 2.75) is 39.7 Å². The van der Waals surface area contributed by atoms with E-state index < -0.39 is 5.60 Å². The van der Waals surface area contributed by atoms with Gasteiger partial charge >= 0.3 is 0 Å². The molecule has 0 fully saturated rings. The van der Waals surface area contributed by atoms with Crippen LogP contribution in [0.5, 0.6) is 5.88 Å². The number of aryl methyl sites for hydroxylation is 1. The second-order valence-corrected chi connectivity index (χ2v) is 4.80. The molecule has 1 aromatic heterocycles. The minimum Gasteiger partial charge on any atom is -0.478 e. The van der Waals surface area contributed by atoms with Crippen molar-refractivity contribution in [3.8, 4) is 5.88 Å². The number of hydrogen-bond acceptors (Lipinski definition) is 4. The topological polar surface area (TPSA) is 60.5 Å². The van der Waals surface area contributed by atoms with Gasteiger partial charge in [0.1, 0.15) is 5.60 Å². The molecule has 5 nitrogen and oxygen atoms in total. The van der Waals surface area contributed by atoms with Crippen LogP contribution in [0, 0.1) is 6.92 Å². The quantitative estimate of drug-likeness (QED) is 0.859. The van der Waals surface area contributed by atoms with Crippen LogP contribution in [0.3, 0.4) is 0 Å². The lowest BCUT2D eigenvalue weighted by Gasteiger charge is -2.22. The maximum atomic E-state index is 12.0. The lowest BCUT2D eigenvalue weighted by atomic mass is 10.1. The minimum absolute atomic E-state index is 0.206. The van der Waals surface area contributed by atoms with Crippen molar-refractivity contribution < 1.29 is 14.3 Å². The molecule has 19 heavy (non-hydrogen) atoms. The summed E-state index contributed by atoms with van der Waals surface area (Å²) in [7, 11) is 1.51. The van der Waals surface area contributed by atoms with Crippen LogP contribution in [-0.2, 0) is 9.53 Å². The average Bonchev–Trinajstić information content (AvgIpc) is 2.39. The number of nitrogens with one attached hydrogen (secondary N) is 1. The zero-order valence-electron chi connectivity index (χ0n) is 12.2. The Bertz CT molecular complexity index is 444. The first-order valence-electron chi connectivity index (χ1n) is 6.37. The largest absolute Gasteiger partial charge is 0.478 e. The number of methoxy groups -OCH3 is 1. The van der Waals surface area contributed by atoms with Crippen LogP contribution >= 0.6 is 0 Å². The third-order valence-corrected chi connectivity index (χ3v) is 2.82. The van der Waals surface area contributed by atoms with Crippen molar-refractivity contribution in [1.82, 2.24) is 4.98 Å². The number of hydrogen-bond donors (Lipinski definition) is 1. The van der Waals surface area contributed by atoms with Crippen LogP contribution < -0.4 is 10.1 Å². The molecule has 0 aliphatic heterocycles. The SMILES string of the molecule is CCCOc1ccc(NC(=O)C(C)(C)OC)c(C)n1. The van der Waals surface area contributed by atoms with Gasteiger partial charge in [0.15, 0.2) is 0 Å². The van der Waals surface area contributed by atoms with E-state index >= 15 is 0 Å². The molecule has 0 atom stereocenters. The predicted octanol–water partition coefficient (Wildman–Crippen LogP) is 2.54. The fourth-order valence-corrected chi connectivity index (χ4v) is 1.32. The van der Waals surface area contributed by atoms with Crippen LogP contribution in [0.2, 0.25) is 0 Å². The van der Waals surface area contributed by atoms with Crippen LogP contribution in [0.4, 0.5) is 5.69 Å². The molecule has 0 bridgehead atoms. The van der Waals surface area contributed by atoms with Crippen molar-refractivity contribution >= 4 is 11.6 Å². The van der Waals surface area contributed by atoms with Gasteiger partial charge in [0.05, 0.1) is 18.0 Å². The molecule has 0 aliphatic carbocycles. The molecule has 1 aromatic rings. The second kappa shape index (κ2) is 6.52. The normalized spacial score (nSPS) is 11.2. The molecule has 0 spiro atoms. The van der Waals surface area contributed by atoms with E-state index in [0.717, 1.165) is 6.42 Å². The number of carbonyl (C=O) groups is 1. The summed E-state index contributed by atoms with van der Waals surface area (Å²) < 4.78 is 10.6. The molecule has 0 aliphatic rings. The van der Waals surface area contributed by atoms with Crippen molar-refractivity contribution in [3.63, 3.8) is 0 Å². The summed E-state index contributed by atoms with van der Waals surface area (Å²) in [5, 5.41) is 2.80. The van der Waals surface area contributed by atoms with E-state index in [1.54, 1.807) is 26.0 Å². The molecule has 0 unspecified atom stereocenters. The van der Waals surface area contributed by atoms with Gasteiger partial charge in [0.25, 0.3) is 5.91 Å². The Morgan fingerprint density at radius 2 is 2.11 bits per heavy atom. The van der Waals surface area contributed by atoms with E-state index in [0.29, 0.717) is 23.9 Å². The van der Waals surface area contributed by atoms with Gasteiger partial charge in [0, 0.05) is 13.2 Å². The second-order valence-electron chi connectivity index (χ2n) is 4.80. The van der Waals surface area contributed by atoms with E-state index in [2.05, 4.69) is 10.3 Å². The molecule has 1 amide bonds. The zero-order chi connectivity index (χ0) is 14.5. The maximum Gasteiger partial charge on any atom is 0.256 e. The van der Waals surface area contributed by atoms with E-state index in [1.165, 1.54) is 7.11 Å². The summed E-state index contributed by atoms with van der Waals surface area (Å²) in [5.41, 5.74) is 0.511. The summed E-state index contributed by atoms with van der Waals surface area (Å²) in [6.45, 7) is 7.92. The Morgan fingerprint density at radius 1 is 1.42 bits per heavy atom. The van der Waals surface area contributed by atoms with Gasteiger partial charge < -0.3 is 14.8 Å². The molecule has 106 valence electrons. The van der Waals surface area contributed by atoms with Gasteiger partial charge in [-0.15, -0.1) is 0 Å². The van der Waals surface area contributed by atoms with E-state index in [4.69, 9.17) is 9.47 Å². The lowest BCUT2D eigenvalue weighted by Crippen LogP contribution is -2.39. The van der Waals surface area contributed by atoms with Gasteiger partial charge in [-0.3, -0.25) is 4.79 Å². The standard InChI is InChI=1S/C14H22N2O3/c1-6-9-19-12-8-7-11(10(2)15-12)16-13(17)14(3,4)18-5/h7-8H,6,9H2,1-5H3,(H,16,17). The van der Waals surface area contributed by atoms with Gasteiger partial charge in [-0.05, 0) is 33.3 Å². The fraction of sp³-hybridized carbons (Fsp3) is 0.571. The van der Waals surface area contributed by atoms with Crippen molar-refractivity contribution in [1.29, 1.82) is 0 Å². The van der Waals surface area contributed by atoms with Crippen molar-refractivity contribution in [2.75, 3.05) is 19.0 Å². The predicted molar refractivity (Wildman–Crippen MR) is 74.5 cm³/mol. The van der Waals surface area contributed by atoms with E-state index in [9.17, 15) is 4.79 Å². The van der Waals surface area contributed by atoms with Gasteiger partial charge in [-0.1, -0.05) is 6.92 Å². The number of carbonyl (C=O) groups excluding carboxylic acids is 1. The fourth-order valence-electron chi connectivity index (χ4n) is 1.32. The number of ether oxygens (including phenoxy) is 2. The number of pyridine rings is 1. The van der Waals surface area contributed by atoms with Gasteiger partial charge in [-0.2, -0.15) is 0 Å². The van der Waals surface area contributed by atoms with Crippen LogP contribution in [0.1, 0.15) is 32.9 Å². The molecule has 1 rings (SSSR count). The summed E-state index contributed by atoms with van der Waals surface area (Å²) in [4.78, 5) is 16.3. The molecule has 0 saturated heterocycles. The van der Waals surface area contributed by atoms with Crippen LogP contribution in [0.15, 0.2) is 12.1 Å². The smallest absolute Gasteiger partial charge is 0.256 e. The highest BCUT2D eigenvalue weighted by atomic mass is 16.5. The Morgan fingerprint density at radius 3 is 2.63 bits per heavy atom. The number of rotatable bonds is 6. The lowest BCUT2D eigenvalue weighted by molar-refractivity contribution is -0.133. The third kappa shape index (κ3) is 4.21. The summed E-state index contributed by atoms with van der Waals surface area (Å²) >= 11 is 0. The third-order valence-electron chi connectivity index (χ3n) is 2.82. The highest BCUT2D eigenvalue weighted by Crippen LogP contribution is 2.19. The van der Waals surface area contributed by atoms with Gasteiger partial charge in [0.2, 0.25) is 5.88 Å².